The van der Waals surface area contributed by atoms with Gasteiger partial charge in [-0.3, -0.25) is 5.43 Å². The Labute approximate surface area is 179 Å². The zero-order valence-corrected chi connectivity index (χ0v) is 17.7. The van der Waals surface area contributed by atoms with Crippen LogP contribution in [0.4, 0.5) is 4.79 Å². The topological polar surface area (TPSA) is 123 Å². The van der Waals surface area contributed by atoms with Gasteiger partial charge in [0.15, 0.2) is 29.2 Å². The fraction of sp³-hybridized carbons (Fsp3) is 0.381. The summed E-state index contributed by atoms with van der Waals surface area (Å²) in [7, 11) is 4.70. The zero-order chi connectivity index (χ0) is 22.1. The van der Waals surface area contributed by atoms with Gasteiger partial charge < -0.3 is 34.2 Å². The second-order valence-corrected chi connectivity index (χ2v) is 7.21. The predicted molar refractivity (Wildman–Crippen MR) is 110 cm³/mol. The van der Waals surface area contributed by atoms with Crippen LogP contribution >= 0.6 is 0 Å². The number of urea groups is 1. The molecule has 10 heteroatoms. The van der Waals surface area contributed by atoms with Gasteiger partial charge in [-0.05, 0) is 23.8 Å². The van der Waals surface area contributed by atoms with Gasteiger partial charge in [-0.15, -0.1) is 0 Å². The molecule has 0 saturated carbocycles. The molecule has 166 valence electrons. The Morgan fingerprint density at radius 3 is 2.23 bits per heavy atom. The van der Waals surface area contributed by atoms with Gasteiger partial charge in [0.25, 0.3) is 0 Å². The average Bonchev–Trinajstić information content (AvgIpc) is 3.22. The second-order valence-electron chi connectivity index (χ2n) is 7.21. The van der Waals surface area contributed by atoms with Crippen molar-refractivity contribution >= 4 is 6.03 Å². The Bertz CT molecular complexity index is 972. The first-order chi connectivity index (χ1) is 15.0. The molecule has 2 aromatic rings. The number of benzene rings is 2. The monoisotopic (exact) mass is 431 g/mol. The van der Waals surface area contributed by atoms with E-state index in [2.05, 4.69) is 10.9 Å². The van der Waals surface area contributed by atoms with Crippen molar-refractivity contribution in [1.82, 2.24) is 10.9 Å². The fourth-order valence-electron chi connectivity index (χ4n) is 4.05. The van der Waals surface area contributed by atoms with Crippen LogP contribution in [0.5, 0.6) is 34.5 Å². The molecule has 0 aromatic heterocycles. The Morgan fingerprint density at radius 1 is 1.00 bits per heavy atom. The number of carbonyl (C=O) groups excluding carboxylic acids is 1. The van der Waals surface area contributed by atoms with E-state index in [-0.39, 0.29) is 18.6 Å². The molecule has 0 aliphatic carbocycles. The van der Waals surface area contributed by atoms with Crippen LogP contribution in [-0.2, 0) is 0 Å². The van der Waals surface area contributed by atoms with E-state index in [0.717, 1.165) is 11.1 Å². The molecule has 0 spiro atoms. The fourth-order valence-corrected chi connectivity index (χ4v) is 4.05. The molecule has 31 heavy (non-hydrogen) atoms. The number of fused-ring (bicyclic) bond motifs is 2. The predicted octanol–water partition coefficient (Wildman–Crippen LogP) is 2.10. The third-order valence-corrected chi connectivity index (χ3v) is 5.48. The van der Waals surface area contributed by atoms with Crippen LogP contribution in [0, 0.1) is 5.92 Å². The van der Waals surface area contributed by atoms with Gasteiger partial charge in [-0.2, -0.15) is 5.43 Å². The van der Waals surface area contributed by atoms with Crippen LogP contribution in [0.3, 0.4) is 0 Å². The number of nitrogens with two attached hydrogens (primary N) is 1. The lowest BCUT2D eigenvalue weighted by Gasteiger charge is -2.38. The molecule has 2 aliphatic rings. The van der Waals surface area contributed by atoms with Crippen molar-refractivity contribution in [2.75, 3.05) is 28.1 Å². The average molecular weight is 431 g/mol. The minimum Gasteiger partial charge on any atom is -0.493 e. The van der Waals surface area contributed by atoms with Crippen molar-refractivity contribution in [1.29, 1.82) is 0 Å². The van der Waals surface area contributed by atoms with E-state index >= 15 is 0 Å². The Kier molecular flexibility index (Phi) is 5.55. The van der Waals surface area contributed by atoms with Crippen molar-refractivity contribution in [3.8, 4) is 34.5 Å². The highest BCUT2D eigenvalue weighted by Gasteiger charge is 2.39. The number of hydrogen-bond acceptors (Lipinski definition) is 8. The molecule has 4 rings (SSSR count). The molecule has 0 saturated heterocycles. The summed E-state index contributed by atoms with van der Waals surface area (Å²) in [5, 5.41) is 0. The highest BCUT2D eigenvalue weighted by molar-refractivity contribution is 5.71. The Hall–Kier alpha value is -3.53. The molecule has 0 bridgehead atoms. The van der Waals surface area contributed by atoms with E-state index in [1.165, 1.54) is 0 Å². The maximum atomic E-state index is 11.2. The third kappa shape index (κ3) is 3.70. The standard InChI is InChI=1S/C21H25N3O7/c1-10-18(11-5-16(26-2)19(28-4)17(6-11)27-3)12-7-14-15(30-9-29-14)8-13(12)31-20(10)23-24-21(22)25/h5-8,10,18,20,23H,9H2,1-4H3,(H3,22,24,25)/t10-,18-,20-/m1/s1. The van der Waals surface area contributed by atoms with E-state index in [4.69, 9.17) is 34.2 Å². The normalized spacial score (nSPS) is 21.0. The zero-order valence-electron chi connectivity index (χ0n) is 17.7. The van der Waals surface area contributed by atoms with Crippen LogP contribution in [-0.4, -0.2) is 40.4 Å². The molecule has 2 heterocycles. The number of methoxy groups -OCH3 is 3. The number of ether oxygens (including phenoxy) is 6. The molecule has 2 amide bonds. The molecular formula is C21H25N3O7. The van der Waals surface area contributed by atoms with Gasteiger partial charge in [0.2, 0.25) is 12.5 Å². The quantitative estimate of drug-likeness (QED) is 0.595. The van der Waals surface area contributed by atoms with Crippen LogP contribution < -0.4 is 45.0 Å². The molecule has 0 unspecified atom stereocenters. The molecule has 3 atom stereocenters. The Balaban J connectivity index is 1.84. The SMILES string of the molecule is COc1cc([C@@H]2c3cc4c(cc3O[C@@H](NNC(N)=O)[C@@H]2C)OCO4)cc(OC)c1OC. The summed E-state index contributed by atoms with van der Waals surface area (Å²) >= 11 is 0. The van der Waals surface area contributed by atoms with Crippen molar-refractivity contribution < 1.29 is 33.2 Å². The molecule has 2 aromatic carbocycles. The highest BCUT2D eigenvalue weighted by Crippen LogP contribution is 2.51. The van der Waals surface area contributed by atoms with E-state index in [9.17, 15) is 4.79 Å². The van der Waals surface area contributed by atoms with Crippen LogP contribution in [0.1, 0.15) is 24.0 Å². The molecule has 2 aliphatic heterocycles. The minimum absolute atomic E-state index is 0.137. The van der Waals surface area contributed by atoms with Gasteiger partial charge in [0.05, 0.1) is 21.3 Å². The molecule has 10 nitrogen and oxygen atoms in total. The van der Waals surface area contributed by atoms with E-state index < -0.39 is 12.3 Å². The number of rotatable bonds is 6. The van der Waals surface area contributed by atoms with Crippen LogP contribution in [0.25, 0.3) is 0 Å². The summed E-state index contributed by atoms with van der Waals surface area (Å²) in [6.07, 6.45) is -0.565. The summed E-state index contributed by atoms with van der Waals surface area (Å²) in [4.78, 5) is 11.2. The maximum Gasteiger partial charge on any atom is 0.326 e. The van der Waals surface area contributed by atoms with Gasteiger partial charge >= 0.3 is 6.03 Å². The Morgan fingerprint density at radius 2 is 1.65 bits per heavy atom. The largest absolute Gasteiger partial charge is 0.493 e. The molecule has 0 fully saturated rings. The third-order valence-electron chi connectivity index (χ3n) is 5.48. The van der Waals surface area contributed by atoms with Gasteiger partial charge in [-0.1, -0.05) is 6.92 Å². The highest BCUT2D eigenvalue weighted by atomic mass is 16.7. The first-order valence-electron chi connectivity index (χ1n) is 9.67. The number of primary amides is 1. The summed E-state index contributed by atoms with van der Waals surface area (Å²) < 4.78 is 33.8. The summed E-state index contributed by atoms with van der Waals surface area (Å²) in [6.45, 7) is 2.15. The lowest BCUT2D eigenvalue weighted by molar-refractivity contribution is 0.0691. The number of amides is 2. The van der Waals surface area contributed by atoms with Crippen LogP contribution in [0.15, 0.2) is 24.3 Å². The van der Waals surface area contributed by atoms with Crippen molar-refractivity contribution in [2.24, 2.45) is 11.7 Å². The van der Waals surface area contributed by atoms with Crippen molar-refractivity contribution in [3.63, 3.8) is 0 Å². The van der Waals surface area contributed by atoms with E-state index in [0.29, 0.717) is 34.5 Å². The lowest BCUT2D eigenvalue weighted by atomic mass is 9.78. The summed E-state index contributed by atoms with van der Waals surface area (Å²) in [6, 6.07) is 6.80. The van der Waals surface area contributed by atoms with Crippen molar-refractivity contribution in [3.05, 3.63) is 35.4 Å². The first-order valence-corrected chi connectivity index (χ1v) is 9.67. The van der Waals surface area contributed by atoms with Crippen LogP contribution in [0.2, 0.25) is 0 Å². The summed E-state index contributed by atoms with van der Waals surface area (Å²) in [5.74, 6) is 3.12. The smallest absolute Gasteiger partial charge is 0.326 e. The van der Waals surface area contributed by atoms with Crippen molar-refractivity contribution in [2.45, 2.75) is 19.1 Å². The van der Waals surface area contributed by atoms with E-state index in [1.807, 2.05) is 25.1 Å². The van der Waals surface area contributed by atoms with Gasteiger partial charge in [0, 0.05) is 23.5 Å². The molecule has 0 radical (unpaired) electrons. The second kappa shape index (κ2) is 8.31. The first kappa shape index (κ1) is 20.7. The number of hydrogen-bond donors (Lipinski definition) is 3. The minimum atomic E-state index is -0.711. The number of hydrazine groups is 1. The molecule has 4 N–H and O–H groups in total. The van der Waals surface area contributed by atoms with Gasteiger partial charge in [-0.25, -0.2) is 4.79 Å². The maximum absolute atomic E-state index is 11.2. The van der Waals surface area contributed by atoms with E-state index in [1.54, 1.807) is 27.4 Å². The number of nitrogens with one attached hydrogen (secondary N) is 2. The molecular weight excluding hydrogens is 406 g/mol. The summed E-state index contributed by atoms with van der Waals surface area (Å²) in [5.41, 5.74) is 12.3. The lowest BCUT2D eigenvalue weighted by Crippen LogP contribution is -2.54. The van der Waals surface area contributed by atoms with Gasteiger partial charge in [0.1, 0.15) is 5.75 Å². The number of carbonyl (C=O) groups is 1.